The number of ketones is 1. The van der Waals surface area contributed by atoms with Crippen molar-refractivity contribution in [3.8, 4) is 0 Å². The molecular formula is C41H71N3O14. The van der Waals surface area contributed by atoms with E-state index in [4.69, 9.17) is 45.1 Å². The second-order valence-corrected chi connectivity index (χ2v) is 18.1. The molecule has 58 heavy (non-hydrogen) atoms. The lowest BCUT2D eigenvalue weighted by molar-refractivity contribution is -0.319. The normalized spacial score (nSPS) is 47.8. The summed E-state index contributed by atoms with van der Waals surface area (Å²) in [6.45, 7) is 17.5. The predicted octanol–water partition coefficient (Wildman–Crippen LogP) is 2.62. The lowest BCUT2D eigenvalue weighted by Gasteiger charge is -2.50. The Hall–Kier alpha value is -2.48. The van der Waals surface area contributed by atoms with Gasteiger partial charge in [-0.3, -0.25) is 14.4 Å². The molecule has 0 aliphatic carbocycles. The molecule has 0 aromatic carbocycles. The van der Waals surface area contributed by atoms with Crippen molar-refractivity contribution in [2.45, 2.75) is 173 Å². The van der Waals surface area contributed by atoms with Gasteiger partial charge in [0.25, 0.3) is 0 Å². The van der Waals surface area contributed by atoms with Crippen LogP contribution in [0.5, 0.6) is 0 Å². The monoisotopic (exact) mass is 832 g/mol. The zero-order chi connectivity index (χ0) is 44.5. The lowest BCUT2D eigenvalue weighted by Crippen LogP contribution is -2.61. The topological polar surface area (TPSA) is 227 Å². The molecule has 0 spiro atoms. The molecule has 0 amide bonds. The van der Waals surface area contributed by atoms with Gasteiger partial charge in [0.15, 0.2) is 24.0 Å². The van der Waals surface area contributed by atoms with Gasteiger partial charge >= 0.3 is 13.4 Å². The van der Waals surface area contributed by atoms with E-state index in [9.17, 15) is 24.6 Å². The van der Waals surface area contributed by atoms with Crippen LogP contribution in [0.4, 0.5) is 0 Å². The third-order valence-electron chi connectivity index (χ3n) is 13.7. The van der Waals surface area contributed by atoms with Crippen LogP contribution in [0.2, 0.25) is 1.43 Å². The second-order valence-electron chi connectivity index (χ2n) is 18.1. The Bertz CT molecular complexity index is 1510. The van der Waals surface area contributed by atoms with Crippen molar-refractivity contribution < 1.29 is 69.1 Å². The second kappa shape index (κ2) is 18.6. The minimum Gasteiger partial charge on any atom is -0.458 e. The quantitative estimate of drug-likeness (QED) is 0.0816. The molecule has 0 aromatic heterocycles. The van der Waals surface area contributed by atoms with Crippen molar-refractivity contribution in [2.24, 2.45) is 46.4 Å². The highest BCUT2D eigenvalue weighted by Crippen LogP contribution is 2.48. The van der Waals surface area contributed by atoms with Gasteiger partial charge in [0, 0.05) is 50.4 Å². The predicted molar refractivity (Wildman–Crippen MR) is 209 cm³/mol. The molecular weight excluding hydrogens is 758 g/mol. The van der Waals surface area contributed by atoms with Crippen molar-refractivity contribution >= 4 is 23.6 Å². The number of ether oxygens (including phenoxy) is 8. The number of likely N-dealkylation sites (N-methyl/N-ethyl adjacent to an activating group) is 1. The van der Waals surface area contributed by atoms with Crippen LogP contribution in [0.25, 0.3) is 0 Å². The average Bonchev–Trinajstić information content (AvgIpc) is 3.46. The maximum absolute atomic E-state index is 14.7. The molecule has 4 heterocycles. The molecule has 0 saturated carbocycles. The number of nitrogens with zero attached hydrogens (tertiary/aromatic N) is 2. The summed E-state index contributed by atoms with van der Waals surface area (Å²) in [4.78, 5) is 45.0. The smallest absolute Gasteiger partial charge is 0.330 e. The fraction of sp³-hybridized carbons (Fsp3) is 0.902. The molecule has 4 aliphatic rings. The van der Waals surface area contributed by atoms with Gasteiger partial charge in [-0.1, -0.05) is 32.9 Å². The Labute approximate surface area is 345 Å². The van der Waals surface area contributed by atoms with E-state index >= 15 is 0 Å². The van der Waals surface area contributed by atoms with Gasteiger partial charge in [-0.25, -0.2) is 0 Å². The molecule has 19 atom stereocenters. The highest BCUT2D eigenvalue weighted by molar-refractivity contribution is 6.02. The van der Waals surface area contributed by atoms with Gasteiger partial charge in [-0.05, 0) is 74.9 Å². The number of carbonyl (C=O) groups excluding carboxylic acids is 3. The third-order valence-corrected chi connectivity index (χ3v) is 13.7. The van der Waals surface area contributed by atoms with Gasteiger partial charge in [0.05, 0.1) is 41.5 Å². The first-order chi connectivity index (χ1) is 27.4. The number of esters is 2. The first-order valence-corrected chi connectivity index (χ1v) is 20.6. The Morgan fingerprint density at radius 1 is 0.948 bits per heavy atom. The Balaban J connectivity index is 1.93. The van der Waals surface area contributed by atoms with E-state index < -0.39 is 113 Å². The number of aliphatic hydroxyl groups excluding tert-OH is 2. The molecule has 10 unspecified atom stereocenters. The zero-order valence-electron chi connectivity index (χ0n) is 37.8. The van der Waals surface area contributed by atoms with Crippen molar-refractivity contribution in [3.05, 3.63) is 0 Å². The fourth-order valence-corrected chi connectivity index (χ4v) is 10.2. The molecule has 0 radical (unpaired) electrons. The number of amidine groups is 1. The van der Waals surface area contributed by atoms with Crippen molar-refractivity contribution in [1.82, 2.24) is 4.90 Å². The van der Waals surface area contributed by atoms with Gasteiger partial charge in [0.1, 0.15) is 30.0 Å². The molecule has 0 bridgehead atoms. The molecule has 4 saturated heterocycles. The fourth-order valence-electron chi connectivity index (χ4n) is 10.2. The summed E-state index contributed by atoms with van der Waals surface area (Å²) in [5, 5.41) is 30.5. The van der Waals surface area contributed by atoms with Crippen molar-refractivity contribution in [1.29, 1.82) is 0 Å². The number of rotatable bonds is 10. The van der Waals surface area contributed by atoms with Crippen molar-refractivity contribution in [2.75, 3.05) is 28.3 Å². The number of aliphatic hydroxyl groups is 2. The van der Waals surface area contributed by atoms with E-state index in [-0.39, 0.29) is 43.0 Å². The summed E-state index contributed by atoms with van der Waals surface area (Å²) < 4.78 is 57.9. The molecule has 17 heteroatoms. The highest BCUT2D eigenvalue weighted by Gasteiger charge is 2.63. The van der Waals surface area contributed by atoms with Crippen LogP contribution in [0, 0.1) is 35.5 Å². The first kappa shape index (κ1) is 46.6. The van der Waals surface area contributed by atoms with Gasteiger partial charge in [-0.15, -0.1) is 0 Å². The number of cyclic esters (lactones) is 1. The summed E-state index contributed by atoms with van der Waals surface area (Å²) in [7, 11) is 6.74. The summed E-state index contributed by atoms with van der Waals surface area (Å²) in [6.07, 6.45) is -7.44. The maximum Gasteiger partial charge on any atom is 0.330 e. The summed E-state index contributed by atoms with van der Waals surface area (Å²) in [6, 6.07) is -0.315. The number of methoxy groups -OCH3 is 2. The number of hydrogen-bond acceptors (Lipinski definition) is 16. The summed E-state index contributed by atoms with van der Waals surface area (Å²) in [5.74, 6) is -7.90. The average molecular weight is 832 g/mol. The SMILES string of the molecule is [3H]O/N=C(\N)C1C(=O)O[C@@]2(C)C1[C@@H](C)C(=O)[C@H](C)C[C@@](C)(OC)[C@H](OC1OC(C)CC(N(C)C)C1O)[C@@H](C)[C@@H](OC1CC(C)(OC)C(O)C(C)O1)[C@@H](C)C(=O)O[C@H]2CC. The number of fused-ring (bicyclic) bond motifs is 1. The Morgan fingerprint density at radius 2 is 1.59 bits per heavy atom. The summed E-state index contributed by atoms with van der Waals surface area (Å²) in [5.41, 5.74) is 2.29. The Kier molecular flexibility index (Phi) is 15.0. The van der Waals surface area contributed by atoms with Crippen LogP contribution in [-0.2, 0) is 52.3 Å². The third kappa shape index (κ3) is 9.22. The van der Waals surface area contributed by atoms with Crippen LogP contribution in [0.15, 0.2) is 5.16 Å². The molecule has 17 nitrogen and oxygen atoms in total. The van der Waals surface area contributed by atoms with Crippen LogP contribution in [0.1, 0.15) is 94.9 Å². The number of nitrogens with two attached hydrogens (primary N) is 1. The molecule has 0 aromatic rings. The zero-order valence-corrected chi connectivity index (χ0v) is 36.8. The largest absolute Gasteiger partial charge is 0.458 e. The van der Waals surface area contributed by atoms with Crippen LogP contribution >= 0.6 is 0 Å². The maximum atomic E-state index is 14.7. The first-order valence-electron chi connectivity index (χ1n) is 21.0. The standard InChI is InChI=1S/C41H71N3O14/c1-15-26-41(10)29(28(35(42)43-50)37(49)58-41)21(4)30(45)19(2)17-40(9,52-14)34(57-38-31(46)25(44(11)12)16-20(3)53-38)22(5)32(23(6)36(48)55-26)56-27-18-39(8,51-13)33(47)24(7)54-27/h19-29,31-34,38,46-47,50H,15-18H2,1-14H3,(H2,42,43)/t19-,20?,21-,22+,23-,24?,25?,26+,27?,28?,29?,31?,32-,33?,34-,38?,39?,40-,41-/m1/s1/i/hT. The van der Waals surface area contributed by atoms with Crippen LogP contribution in [0.3, 0.4) is 0 Å². The van der Waals surface area contributed by atoms with E-state index in [0.29, 0.717) is 6.42 Å². The molecule has 4 aliphatic heterocycles. The number of Topliss-reactive ketones (excluding diaryl/α,β-unsaturated/α-hetero) is 1. The van der Waals surface area contributed by atoms with E-state index in [1.165, 1.54) is 14.2 Å². The van der Waals surface area contributed by atoms with E-state index in [1.807, 2.05) is 32.8 Å². The van der Waals surface area contributed by atoms with E-state index in [2.05, 4.69) is 10.4 Å². The van der Waals surface area contributed by atoms with E-state index in [0.717, 1.165) is 0 Å². The van der Waals surface area contributed by atoms with Gasteiger partial charge in [0.2, 0.25) is 0 Å². The Morgan fingerprint density at radius 3 is 2.16 bits per heavy atom. The van der Waals surface area contributed by atoms with Gasteiger partial charge in [-0.2, -0.15) is 0 Å². The number of carbonyl (C=O) groups is 3. The van der Waals surface area contributed by atoms with E-state index in [1.54, 1.807) is 55.4 Å². The number of oxime groups is 1. The van der Waals surface area contributed by atoms with Crippen molar-refractivity contribution in [3.63, 3.8) is 0 Å². The number of hydrogen-bond donors (Lipinski definition) is 4. The van der Waals surface area contributed by atoms with Crippen LogP contribution in [-0.4, -0.2) is 150 Å². The minimum atomic E-state index is -1.57. The van der Waals surface area contributed by atoms with Crippen LogP contribution < -0.4 is 5.73 Å². The minimum absolute atomic E-state index is 0.0765. The molecule has 4 rings (SSSR count). The lowest BCUT2D eigenvalue weighted by atomic mass is 9.67. The molecule has 4 fully saturated rings. The highest BCUT2D eigenvalue weighted by atomic mass is 16.7. The van der Waals surface area contributed by atoms with Gasteiger partial charge < -0.3 is 64.0 Å². The molecule has 5 N–H and O–H groups in total. The summed E-state index contributed by atoms with van der Waals surface area (Å²) >= 11 is 0. The molecule has 334 valence electrons.